The lowest BCUT2D eigenvalue weighted by Crippen LogP contribution is -2.09. The lowest BCUT2D eigenvalue weighted by atomic mass is 10.1. The molecule has 0 radical (unpaired) electrons. The highest BCUT2D eigenvalue weighted by atomic mass is 16.4. The summed E-state index contributed by atoms with van der Waals surface area (Å²) in [6.45, 7) is 5.17. The van der Waals surface area contributed by atoms with Crippen LogP contribution in [-0.4, -0.2) is 22.6 Å². The number of aromatic nitrogens is 1. The molecule has 17 heavy (non-hydrogen) atoms. The molecule has 0 bridgehead atoms. The molecule has 1 aromatic rings. The third kappa shape index (κ3) is 4.85. The van der Waals surface area contributed by atoms with Crippen LogP contribution in [-0.2, 0) is 0 Å². The predicted octanol–water partition coefficient (Wildman–Crippen LogP) is 3.02. The van der Waals surface area contributed by atoms with Gasteiger partial charge in [-0.15, -0.1) is 0 Å². The van der Waals surface area contributed by atoms with Crippen molar-refractivity contribution in [1.29, 1.82) is 0 Å². The van der Waals surface area contributed by atoms with Crippen molar-refractivity contribution in [3.8, 4) is 0 Å². The van der Waals surface area contributed by atoms with Gasteiger partial charge in [0.1, 0.15) is 11.4 Å². The Balaban J connectivity index is 2.39. The lowest BCUT2D eigenvalue weighted by molar-refractivity contribution is 0.0697. The minimum absolute atomic E-state index is 0.233. The molecule has 1 rings (SSSR count). The van der Waals surface area contributed by atoms with Crippen LogP contribution in [0.4, 0.5) is 5.82 Å². The maximum absolute atomic E-state index is 10.9. The van der Waals surface area contributed by atoms with Crippen LogP contribution in [0.25, 0.3) is 0 Å². The molecule has 0 aliphatic carbocycles. The van der Waals surface area contributed by atoms with Gasteiger partial charge in [0.2, 0.25) is 0 Å². The van der Waals surface area contributed by atoms with Gasteiger partial charge in [0.15, 0.2) is 0 Å². The standard InChI is InChI=1S/C13H20N2O2/c1-10(2)6-3-4-8-14-12-11(13(16)17)7-5-9-15-12/h5,7,9-10H,3-4,6,8H2,1-2H3,(H,14,15)(H,16,17). The number of carboxylic acids is 1. The van der Waals surface area contributed by atoms with Crippen molar-refractivity contribution >= 4 is 11.8 Å². The van der Waals surface area contributed by atoms with E-state index in [0.717, 1.165) is 25.3 Å². The molecule has 0 aliphatic rings. The normalized spacial score (nSPS) is 10.5. The largest absolute Gasteiger partial charge is 0.478 e. The second-order valence-corrected chi connectivity index (χ2v) is 4.52. The zero-order chi connectivity index (χ0) is 12.7. The van der Waals surface area contributed by atoms with Crippen molar-refractivity contribution in [1.82, 2.24) is 4.98 Å². The Hall–Kier alpha value is -1.58. The molecule has 1 aromatic heterocycles. The van der Waals surface area contributed by atoms with Crippen molar-refractivity contribution in [2.24, 2.45) is 5.92 Å². The molecule has 1 heterocycles. The van der Waals surface area contributed by atoms with Gasteiger partial charge in [-0.25, -0.2) is 9.78 Å². The fraction of sp³-hybridized carbons (Fsp3) is 0.538. The fourth-order valence-corrected chi connectivity index (χ4v) is 1.60. The number of aromatic carboxylic acids is 1. The second kappa shape index (κ2) is 6.89. The highest BCUT2D eigenvalue weighted by Gasteiger charge is 2.09. The molecule has 4 heteroatoms. The Bertz CT molecular complexity index is 364. The summed E-state index contributed by atoms with van der Waals surface area (Å²) in [5, 5.41) is 12.0. The van der Waals surface area contributed by atoms with Crippen LogP contribution < -0.4 is 5.32 Å². The minimum atomic E-state index is -0.942. The van der Waals surface area contributed by atoms with Gasteiger partial charge in [0.25, 0.3) is 0 Å². The van der Waals surface area contributed by atoms with Gasteiger partial charge in [-0.2, -0.15) is 0 Å². The molecule has 4 nitrogen and oxygen atoms in total. The third-order valence-corrected chi connectivity index (χ3v) is 2.54. The van der Waals surface area contributed by atoms with Gasteiger partial charge in [0, 0.05) is 12.7 Å². The summed E-state index contributed by atoms with van der Waals surface area (Å²) >= 11 is 0. The van der Waals surface area contributed by atoms with Crippen molar-refractivity contribution in [3.63, 3.8) is 0 Å². The zero-order valence-corrected chi connectivity index (χ0v) is 10.4. The van der Waals surface area contributed by atoms with Crippen LogP contribution in [0.5, 0.6) is 0 Å². The van der Waals surface area contributed by atoms with Crippen molar-refractivity contribution in [2.75, 3.05) is 11.9 Å². The molecule has 0 fully saturated rings. The van der Waals surface area contributed by atoms with E-state index in [1.54, 1.807) is 18.3 Å². The molecule has 0 aliphatic heterocycles. The fourth-order valence-electron chi connectivity index (χ4n) is 1.60. The first-order chi connectivity index (χ1) is 8.11. The van der Waals surface area contributed by atoms with E-state index in [2.05, 4.69) is 24.1 Å². The monoisotopic (exact) mass is 236 g/mol. The van der Waals surface area contributed by atoms with Gasteiger partial charge in [-0.05, 0) is 24.5 Å². The first kappa shape index (κ1) is 13.5. The van der Waals surface area contributed by atoms with E-state index >= 15 is 0 Å². The van der Waals surface area contributed by atoms with E-state index in [9.17, 15) is 4.79 Å². The maximum Gasteiger partial charge on any atom is 0.339 e. The number of nitrogens with one attached hydrogen (secondary N) is 1. The average molecular weight is 236 g/mol. The number of pyridine rings is 1. The zero-order valence-electron chi connectivity index (χ0n) is 10.4. The van der Waals surface area contributed by atoms with Crippen molar-refractivity contribution in [2.45, 2.75) is 33.1 Å². The second-order valence-electron chi connectivity index (χ2n) is 4.52. The summed E-state index contributed by atoms with van der Waals surface area (Å²) in [6.07, 6.45) is 4.99. The smallest absolute Gasteiger partial charge is 0.339 e. The van der Waals surface area contributed by atoms with E-state index in [-0.39, 0.29) is 5.56 Å². The van der Waals surface area contributed by atoms with Gasteiger partial charge in [-0.3, -0.25) is 0 Å². The molecular weight excluding hydrogens is 216 g/mol. The van der Waals surface area contributed by atoms with E-state index in [1.807, 2.05) is 0 Å². The lowest BCUT2D eigenvalue weighted by Gasteiger charge is -2.08. The van der Waals surface area contributed by atoms with Crippen LogP contribution in [0.3, 0.4) is 0 Å². The molecule has 0 atom stereocenters. The van der Waals surface area contributed by atoms with Crippen molar-refractivity contribution in [3.05, 3.63) is 23.9 Å². The number of carbonyl (C=O) groups is 1. The molecular formula is C13H20N2O2. The van der Waals surface area contributed by atoms with Gasteiger partial charge < -0.3 is 10.4 Å². The summed E-state index contributed by atoms with van der Waals surface area (Å²) in [5.74, 6) is 0.242. The summed E-state index contributed by atoms with van der Waals surface area (Å²) in [5.41, 5.74) is 0.233. The number of carboxylic acid groups (broad SMARTS) is 1. The van der Waals surface area contributed by atoms with Gasteiger partial charge >= 0.3 is 5.97 Å². The van der Waals surface area contributed by atoms with E-state index in [0.29, 0.717) is 5.82 Å². The topological polar surface area (TPSA) is 62.2 Å². The Morgan fingerprint density at radius 1 is 1.47 bits per heavy atom. The highest BCUT2D eigenvalue weighted by Crippen LogP contribution is 2.12. The van der Waals surface area contributed by atoms with Crippen LogP contribution in [0.15, 0.2) is 18.3 Å². The SMILES string of the molecule is CC(C)CCCCNc1ncccc1C(=O)O. The predicted molar refractivity (Wildman–Crippen MR) is 68.4 cm³/mol. The highest BCUT2D eigenvalue weighted by molar-refractivity contribution is 5.92. The van der Waals surface area contributed by atoms with Gasteiger partial charge in [-0.1, -0.05) is 26.7 Å². The van der Waals surface area contributed by atoms with E-state index < -0.39 is 5.97 Å². The van der Waals surface area contributed by atoms with Crippen LogP contribution >= 0.6 is 0 Å². The first-order valence-electron chi connectivity index (χ1n) is 6.03. The van der Waals surface area contributed by atoms with Crippen LogP contribution in [0.2, 0.25) is 0 Å². The number of unbranched alkanes of at least 4 members (excludes halogenated alkanes) is 1. The number of rotatable bonds is 7. The molecule has 0 saturated carbocycles. The van der Waals surface area contributed by atoms with Crippen molar-refractivity contribution < 1.29 is 9.90 Å². The number of nitrogens with zero attached hydrogens (tertiary/aromatic N) is 1. The van der Waals surface area contributed by atoms with Crippen LogP contribution in [0.1, 0.15) is 43.5 Å². The molecule has 2 N–H and O–H groups in total. The Morgan fingerprint density at radius 2 is 2.24 bits per heavy atom. The van der Waals surface area contributed by atoms with E-state index in [4.69, 9.17) is 5.11 Å². The Kier molecular flexibility index (Phi) is 5.46. The van der Waals surface area contributed by atoms with Gasteiger partial charge in [0.05, 0.1) is 0 Å². The summed E-state index contributed by atoms with van der Waals surface area (Å²) in [6, 6.07) is 3.19. The number of hydrogen-bond donors (Lipinski definition) is 2. The summed E-state index contributed by atoms with van der Waals surface area (Å²) in [7, 11) is 0. The Morgan fingerprint density at radius 3 is 2.88 bits per heavy atom. The number of anilines is 1. The summed E-state index contributed by atoms with van der Waals surface area (Å²) < 4.78 is 0. The quantitative estimate of drug-likeness (QED) is 0.714. The summed E-state index contributed by atoms with van der Waals surface area (Å²) in [4.78, 5) is 15.0. The molecule has 0 spiro atoms. The molecule has 94 valence electrons. The maximum atomic E-state index is 10.9. The van der Waals surface area contributed by atoms with E-state index in [1.165, 1.54) is 6.42 Å². The third-order valence-electron chi connectivity index (χ3n) is 2.54. The minimum Gasteiger partial charge on any atom is -0.478 e. The molecule has 0 aromatic carbocycles. The van der Waals surface area contributed by atoms with Crippen LogP contribution in [0, 0.1) is 5.92 Å². The molecule has 0 amide bonds. The first-order valence-corrected chi connectivity index (χ1v) is 6.03. The Labute approximate surface area is 102 Å². The molecule has 0 saturated heterocycles. The average Bonchev–Trinajstić information content (AvgIpc) is 2.28. The number of hydrogen-bond acceptors (Lipinski definition) is 3. The molecule has 0 unspecified atom stereocenters.